The van der Waals surface area contributed by atoms with E-state index in [0.717, 1.165) is 5.56 Å². The van der Waals surface area contributed by atoms with Gasteiger partial charge >= 0.3 is 0 Å². The molecule has 0 radical (unpaired) electrons. The van der Waals surface area contributed by atoms with Crippen molar-refractivity contribution in [3.63, 3.8) is 0 Å². The van der Waals surface area contributed by atoms with Crippen molar-refractivity contribution in [1.82, 2.24) is 30.4 Å². The monoisotopic (exact) mass is 471 g/mol. The summed E-state index contributed by atoms with van der Waals surface area (Å²) in [6.45, 7) is 0.956. The molecule has 3 amide bonds. The molecule has 3 aromatic rings. The Morgan fingerprint density at radius 3 is 3.00 bits per heavy atom. The minimum Gasteiger partial charge on any atom is -0.475 e. The average Bonchev–Trinajstić information content (AvgIpc) is 3.45. The molecule has 0 saturated heterocycles. The van der Waals surface area contributed by atoms with Gasteiger partial charge in [0.15, 0.2) is 5.69 Å². The van der Waals surface area contributed by atoms with Crippen molar-refractivity contribution in [1.29, 1.82) is 0 Å². The van der Waals surface area contributed by atoms with Gasteiger partial charge in [-0.25, -0.2) is 9.97 Å². The molecule has 13 heteroatoms. The molecule has 0 atom stereocenters. The number of carbonyl (C=O) groups is 3. The molecule has 0 fully saturated rings. The Kier molecular flexibility index (Phi) is 6.90. The molecule has 33 heavy (non-hydrogen) atoms. The number of hydrogen-bond donors (Lipinski definition) is 3. The Bertz CT molecular complexity index is 1180. The molecule has 12 nitrogen and oxygen atoms in total. The second-order valence-electron chi connectivity index (χ2n) is 6.85. The molecular formula is C20H21N7O5S. The lowest BCUT2D eigenvalue weighted by Gasteiger charge is -2.09. The lowest BCUT2D eigenvalue weighted by atomic mass is 10.3. The first-order chi connectivity index (χ1) is 16.0. The van der Waals surface area contributed by atoms with Gasteiger partial charge in [-0.2, -0.15) is 5.10 Å². The quantitative estimate of drug-likeness (QED) is 0.490. The van der Waals surface area contributed by atoms with Crippen LogP contribution in [0.4, 0.5) is 5.69 Å². The summed E-state index contributed by atoms with van der Waals surface area (Å²) in [4.78, 5) is 45.8. The van der Waals surface area contributed by atoms with Crippen LogP contribution in [0.15, 0.2) is 29.9 Å². The van der Waals surface area contributed by atoms with Crippen molar-refractivity contribution in [2.45, 2.75) is 6.54 Å². The molecule has 0 spiro atoms. The predicted octanol–water partition coefficient (Wildman–Crippen LogP) is 0.539. The fourth-order valence-electron chi connectivity index (χ4n) is 2.93. The summed E-state index contributed by atoms with van der Waals surface area (Å²) in [5.74, 6) is -0.912. The Balaban J connectivity index is 1.64. The highest BCUT2D eigenvalue weighted by Gasteiger charge is 2.21. The van der Waals surface area contributed by atoms with Gasteiger partial charge < -0.3 is 25.4 Å². The number of nitrogens with one attached hydrogen (secondary N) is 3. The summed E-state index contributed by atoms with van der Waals surface area (Å²) >= 11 is 1.29. The Hall–Kier alpha value is -3.84. The fourth-order valence-corrected chi connectivity index (χ4v) is 3.73. The maximum atomic E-state index is 12.8. The van der Waals surface area contributed by atoms with Crippen molar-refractivity contribution in [2.24, 2.45) is 0 Å². The molecule has 0 saturated carbocycles. The summed E-state index contributed by atoms with van der Waals surface area (Å²) in [7, 11) is 1.50. The molecule has 3 aromatic heterocycles. The molecule has 1 aliphatic heterocycles. The Labute approximate surface area is 192 Å². The first-order valence-corrected chi connectivity index (χ1v) is 10.9. The first kappa shape index (κ1) is 22.4. The maximum Gasteiger partial charge on any atom is 0.275 e. The number of carbonyl (C=O) groups excluding carboxylic acids is 3. The van der Waals surface area contributed by atoms with Crippen LogP contribution in [-0.4, -0.2) is 70.9 Å². The lowest BCUT2D eigenvalue weighted by Crippen LogP contribution is -2.29. The topological polar surface area (TPSA) is 149 Å². The van der Waals surface area contributed by atoms with Gasteiger partial charge in [-0.05, 0) is 6.07 Å². The number of amides is 3. The van der Waals surface area contributed by atoms with Gasteiger partial charge in [-0.1, -0.05) is 0 Å². The van der Waals surface area contributed by atoms with E-state index in [4.69, 9.17) is 9.47 Å². The number of anilines is 1. The van der Waals surface area contributed by atoms with E-state index in [2.05, 4.69) is 31.0 Å². The second-order valence-corrected chi connectivity index (χ2v) is 7.71. The van der Waals surface area contributed by atoms with E-state index in [0.29, 0.717) is 17.5 Å². The maximum absolute atomic E-state index is 12.8. The highest BCUT2D eigenvalue weighted by atomic mass is 32.1. The van der Waals surface area contributed by atoms with Gasteiger partial charge in [0, 0.05) is 43.0 Å². The van der Waals surface area contributed by atoms with Crippen molar-refractivity contribution in [2.75, 3.05) is 38.7 Å². The zero-order valence-corrected chi connectivity index (χ0v) is 18.5. The number of fused-ring (bicyclic) bond motifs is 6. The molecule has 0 aromatic carbocycles. The minimum atomic E-state index is -0.514. The van der Waals surface area contributed by atoms with Crippen LogP contribution in [0, 0.1) is 0 Å². The van der Waals surface area contributed by atoms with Gasteiger partial charge in [0.25, 0.3) is 11.8 Å². The zero-order chi connectivity index (χ0) is 23.2. The van der Waals surface area contributed by atoms with E-state index >= 15 is 0 Å². The number of ether oxygens (including phenoxy) is 2. The van der Waals surface area contributed by atoms with E-state index < -0.39 is 11.8 Å². The standard InChI is InChI=1S/C20H21N7O5S/c1-21-15(28)10-27-9-13-17(26-27)19(30)23-4-5-31-6-7-32-16-8-12(2-3-22-16)20-25-14(11-33-20)18(29)24-13/h2-3,8-9,11H,4-7,10H2,1H3,(H,21,28)(H,23,30)(H,24,29). The highest BCUT2D eigenvalue weighted by molar-refractivity contribution is 7.13. The SMILES string of the molecule is CNC(=O)Cn1cc2c(n1)C(=O)NCCOCCOc1cc(ccn1)-c1nc(cs1)C(=O)N2. The summed E-state index contributed by atoms with van der Waals surface area (Å²) in [5, 5.41) is 14.2. The van der Waals surface area contributed by atoms with Gasteiger partial charge in [-0.15, -0.1) is 11.3 Å². The summed E-state index contributed by atoms with van der Waals surface area (Å²) in [5.41, 5.74) is 1.07. The van der Waals surface area contributed by atoms with E-state index in [1.807, 2.05) is 0 Å². The number of aromatic nitrogens is 4. The molecule has 1 aliphatic rings. The number of likely N-dealkylation sites (N-methyl/N-ethyl adjacent to an activating group) is 1. The van der Waals surface area contributed by atoms with Gasteiger partial charge in [-0.3, -0.25) is 19.1 Å². The molecule has 0 aliphatic carbocycles. The molecule has 0 unspecified atom stereocenters. The average molecular weight is 471 g/mol. The molecule has 172 valence electrons. The Morgan fingerprint density at radius 2 is 2.15 bits per heavy atom. The zero-order valence-electron chi connectivity index (χ0n) is 17.7. The third-order valence-electron chi connectivity index (χ3n) is 4.54. The number of hydrogen-bond acceptors (Lipinski definition) is 9. The van der Waals surface area contributed by atoms with E-state index in [1.54, 1.807) is 23.7 Å². The van der Waals surface area contributed by atoms with Crippen molar-refractivity contribution in [3.05, 3.63) is 41.3 Å². The van der Waals surface area contributed by atoms with Crippen molar-refractivity contribution >= 4 is 34.7 Å². The van der Waals surface area contributed by atoms with E-state index in [-0.39, 0.29) is 49.3 Å². The third-order valence-corrected chi connectivity index (χ3v) is 5.43. The highest BCUT2D eigenvalue weighted by Crippen LogP contribution is 2.26. The van der Waals surface area contributed by atoms with Crippen LogP contribution in [0.1, 0.15) is 21.0 Å². The molecule has 4 bridgehead atoms. The molecule has 3 N–H and O–H groups in total. The Morgan fingerprint density at radius 1 is 1.27 bits per heavy atom. The molecule has 4 rings (SSSR count). The van der Waals surface area contributed by atoms with Crippen LogP contribution >= 0.6 is 11.3 Å². The minimum absolute atomic E-state index is 0.0223. The van der Waals surface area contributed by atoms with Crippen LogP contribution < -0.4 is 20.7 Å². The first-order valence-electron chi connectivity index (χ1n) is 10.0. The van der Waals surface area contributed by atoms with Crippen LogP contribution in [0.25, 0.3) is 10.6 Å². The van der Waals surface area contributed by atoms with E-state index in [9.17, 15) is 14.4 Å². The van der Waals surface area contributed by atoms with Crippen molar-refractivity contribution < 1.29 is 23.9 Å². The largest absolute Gasteiger partial charge is 0.475 e. The summed E-state index contributed by atoms with van der Waals surface area (Å²) in [6.07, 6.45) is 3.03. The van der Waals surface area contributed by atoms with Crippen LogP contribution in [0.3, 0.4) is 0 Å². The third kappa shape index (κ3) is 5.51. The molecule has 4 heterocycles. The number of rotatable bonds is 2. The van der Waals surface area contributed by atoms with Crippen LogP contribution in [0.5, 0.6) is 5.88 Å². The van der Waals surface area contributed by atoms with Crippen molar-refractivity contribution in [3.8, 4) is 16.5 Å². The molecular weight excluding hydrogens is 450 g/mol. The van der Waals surface area contributed by atoms with Gasteiger partial charge in [0.1, 0.15) is 23.9 Å². The number of pyridine rings is 1. The van der Waals surface area contributed by atoms with Gasteiger partial charge in [0.05, 0.1) is 18.9 Å². The summed E-state index contributed by atoms with van der Waals surface area (Å²) in [6, 6.07) is 3.51. The van der Waals surface area contributed by atoms with Crippen LogP contribution in [0.2, 0.25) is 0 Å². The lowest BCUT2D eigenvalue weighted by molar-refractivity contribution is -0.121. The predicted molar refractivity (Wildman–Crippen MR) is 118 cm³/mol. The smallest absolute Gasteiger partial charge is 0.275 e. The van der Waals surface area contributed by atoms with E-state index in [1.165, 1.54) is 29.3 Å². The normalized spacial score (nSPS) is 14.7. The number of nitrogens with zero attached hydrogens (tertiary/aromatic N) is 4. The second kappa shape index (κ2) is 10.2. The fraction of sp³-hybridized carbons (Fsp3) is 0.300. The summed E-state index contributed by atoms with van der Waals surface area (Å²) < 4.78 is 12.4. The number of thiazole rings is 1. The van der Waals surface area contributed by atoms with Gasteiger partial charge in [0.2, 0.25) is 11.8 Å². The van der Waals surface area contributed by atoms with Crippen LogP contribution in [-0.2, 0) is 16.1 Å².